The molecule has 1 N–H and O–H groups in total. The first-order chi connectivity index (χ1) is 10.6. The molecule has 0 radical (unpaired) electrons. The van der Waals surface area contributed by atoms with Crippen LogP contribution in [0.4, 0.5) is 0 Å². The van der Waals surface area contributed by atoms with E-state index in [4.69, 9.17) is 0 Å². The van der Waals surface area contributed by atoms with Gasteiger partial charge in [-0.15, -0.1) is 0 Å². The Balaban J connectivity index is 1.73. The average Bonchev–Trinajstić information content (AvgIpc) is 2.45. The second-order valence-electron chi connectivity index (χ2n) is 6.58. The number of carbonyl (C=O) groups excluding carboxylic acids is 1. The molecule has 118 valence electrons. The number of piperidine rings is 1. The summed E-state index contributed by atoms with van der Waals surface area (Å²) in [5.41, 5.74) is 1.99. The first-order valence-corrected chi connectivity index (χ1v) is 8.21. The summed E-state index contributed by atoms with van der Waals surface area (Å²) in [5.74, 6) is -0.634. The van der Waals surface area contributed by atoms with E-state index in [1.165, 1.54) is 24.8 Å². The van der Waals surface area contributed by atoms with E-state index in [-0.39, 0.29) is 11.9 Å². The van der Waals surface area contributed by atoms with Crippen molar-refractivity contribution in [2.24, 2.45) is 5.92 Å². The van der Waals surface area contributed by atoms with Crippen LogP contribution in [0.2, 0.25) is 0 Å². The lowest BCUT2D eigenvalue weighted by Crippen LogP contribution is -2.49. The minimum Gasteiger partial charge on any atom is -0.481 e. The van der Waals surface area contributed by atoms with Crippen LogP contribution in [0.15, 0.2) is 24.3 Å². The van der Waals surface area contributed by atoms with E-state index < -0.39 is 11.9 Å². The molecule has 4 heteroatoms. The van der Waals surface area contributed by atoms with Crippen molar-refractivity contribution in [1.29, 1.82) is 0 Å². The van der Waals surface area contributed by atoms with Gasteiger partial charge >= 0.3 is 5.97 Å². The summed E-state index contributed by atoms with van der Waals surface area (Å²) < 4.78 is 0. The summed E-state index contributed by atoms with van der Waals surface area (Å²) in [6.07, 6.45) is 5.20. The van der Waals surface area contributed by atoms with Gasteiger partial charge in [0.25, 0.3) is 5.91 Å². The largest absolute Gasteiger partial charge is 0.481 e. The fourth-order valence-corrected chi connectivity index (χ4v) is 3.57. The van der Waals surface area contributed by atoms with E-state index in [9.17, 15) is 14.7 Å². The number of hydrogen-bond donors (Lipinski definition) is 1. The van der Waals surface area contributed by atoms with Gasteiger partial charge in [-0.2, -0.15) is 0 Å². The quantitative estimate of drug-likeness (QED) is 0.932. The Labute approximate surface area is 131 Å². The lowest BCUT2D eigenvalue weighted by Gasteiger charge is -2.37. The highest BCUT2D eigenvalue weighted by molar-refractivity contribution is 5.95. The lowest BCUT2D eigenvalue weighted by atomic mass is 9.80. The summed E-state index contributed by atoms with van der Waals surface area (Å²) >= 11 is 0. The SMILES string of the molecule is C[C@@H]1[C@H](C(=O)O)CCCN1C(=O)c1ccc(C2CCC2)cc1. The minimum absolute atomic E-state index is 0.0430. The molecular formula is C18H23NO3. The van der Waals surface area contributed by atoms with Crippen LogP contribution >= 0.6 is 0 Å². The van der Waals surface area contributed by atoms with Gasteiger partial charge < -0.3 is 10.0 Å². The number of benzene rings is 1. The van der Waals surface area contributed by atoms with Crippen molar-refractivity contribution in [3.05, 3.63) is 35.4 Å². The number of likely N-dealkylation sites (tertiary alicyclic amines) is 1. The molecule has 1 heterocycles. The van der Waals surface area contributed by atoms with Gasteiger partial charge in [0.05, 0.1) is 5.92 Å². The molecule has 2 fully saturated rings. The molecule has 3 rings (SSSR count). The molecule has 1 aromatic carbocycles. The van der Waals surface area contributed by atoms with Gasteiger partial charge in [0, 0.05) is 18.2 Å². The van der Waals surface area contributed by atoms with E-state index in [1.54, 1.807) is 4.90 Å². The summed E-state index contributed by atoms with van der Waals surface area (Å²) in [7, 11) is 0. The van der Waals surface area contributed by atoms with Crippen LogP contribution in [-0.4, -0.2) is 34.5 Å². The van der Waals surface area contributed by atoms with E-state index in [0.29, 0.717) is 24.4 Å². The second kappa shape index (κ2) is 6.11. The van der Waals surface area contributed by atoms with Gasteiger partial charge in [-0.25, -0.2) is 0 Å². The number of nitrogens with zero attached hydrogens (tertiary/aromatic N) is 1. The second-order valence-corrected chi connectivity index (χ2v) is 6.58. The molecule has 4 nitrogen and oxygen atoms in total. The molecular weight excluding hydrogens is 278 g/mol. The standard InChI is InChI=1S/C18H23NO3/c1-12-16(18(21)22)6-3-11-19(12)17(20)15-9-7-14(8-10-15)13-4-2-5-13/h7-10,12-13,16H,2-6,11H2,1H3,(H,21,22)/t12-,16-/m1/s1. The average molecular weight is 301 g/mol. The summed E-state index contributed by atoms with van der Waals surface area (Å²) in [6, 6.07) is 7.66. The van der Waals surface area contributed by atoms with Crippen LogP contribution in [0.1, 0.15) is 60.9 Å². The van der Waals surface area contributed by atoms with Gasteiger partial charge in [-0.05, 0) is 56.2 Å². The smallest absolute Gasteiger partial charge is 0.308 e. The van der Waals surface area contributed by atoms with Crippen molar-refractivity contribution < 1.29 is 14.7 Å². The van der Waals surface area contributed by atoms with Crippen LogP contribution in [0.3, 0.4) is 0 Å². The maximum Gasteiger partial charge on any atom is 0.308 e. The molecule has 22 heavy (non-hydrogen) atoms. The Kier molecular flexibility index (Phi) is 4.19. The lowest BCUT2D eigenvalue weighted by molar-refractivity contribution is -0.144. The third-order valence-corrected chi connectivity index (χ3v) is 5.30. The third-order valence-electron chi connectivity index (χ3n) is 5.30. The van der Waals surface area contributed by atoms with E-state index in [0.717, 1.165) is 6.42 Å². The Morgan fingerprint density at radius 1 is 1.09 bits per heavy atom. The van der Waals surface area contributed by atoms with Crippen LogP contribution in [0.5, 0.6) is 0 Å². The van der Waals surface area contributed by atoms with Crippen molar-refractivity contribution in [3.8, 4) is 0 Å². The van der Waals surface area contributed by atoms with Crippen molar-refractivity contribution in [3.63, 3.8) is 0 Å². The number of hydrogen-bond acceptors (Lipinski definition) is 2. The Hall–Kier alpha value is -1.84. The van der Waals surface area contributed by atoms with Crippen molar-refractivity contribution >= 4 is 11.9 Å². The number of carbonyl (C=O) groups is 2. The number of amides is 1. The van der Waals surface area contributed by atoms with Gasteiger partial charge in [-0.3, -0.25) is 9.59 Å². The number of carboxylic acid groups (broad SMARTS) is 1. The molecule has 2 atom stereocenters. The van der Waals surface area contributed by atoms with Crippen LogP contribution in [0.25, 0.3) is 0 Å². The zero-order valence-electron chi connectivity index (χ0n) is 13.0. The number of carboxylic acids is 1. The van der Waals surface area contributed by atoms with E-state index in [2.05, 4.69) is 12.1 Å². The minimum atomic E-state index is -0.801. The zero-order valence-corrected chi connectivity index (χ0v) is 13.0. The van der Waals surface area contributed by atoms with Crippen molar-refractivity contribution in [2.75, 3.05) is 6.54 Å². The normalized spacial score (nSPS) is 25.6. The Morgan fingerprint density at radius 3 is 2.32 bits per heavy atom. The summed E-state index contributed by atoms with van der Waals surface area (Å²) in [4.78, 5) is 25.7. The summed E-state index contributed by atoms with van der Waals surface area (Å²) in [6.45, 7) is 2.49. The first kappa shape index (κ1) is 15.1. The fraction of sp³-hybridized carbons (Fsp3) is 0.556. The zero-order chi connectivity index (χ0) is 15.7. The Bertz CT molecular complexity index is 562. The highest BCUT2D eigenvalue weighted by atomic mass is 16.4. The van der Waals surface area contributed by atoms with Crippen LogP contribution in [0, 0.1) is 5.92 Å². The maximum absolute atomic E-state index is 12.7. The molecule has 0 unspecified atom stereocenters. The molecule has 1 aliphatic heterocycles. The molecule has 1 saturated heterocycles. The molecule has 1 amide bonds. The van der Waals surface area contributed by atoms with E-state index in [1.807, 2.05) is 19.1 Å². The van der Waals surface area contributed by atoms with Crippen LogP contribution < -0.4 is 0 Å². The van der Waals surface area contributed by atoms with E-state index >= 15 is 0 Å². The molecule has 0 aromatic heterocycles. The summed E-state index contributed by atoms with van der Waals surface area (Å²) in [5, 5.41) is 9.27. The van der Waals surface area contributed by atoms with Crippen molar-refractivity contribution in [2.45, 2.75) is 51.0 Å². The first-order valence-electron chi connectivity index (χ1n) is 8.21. The number of aliphatic carboxylic acids is 1. The molecule has 2 aliphatic rings. The monoisotopic (exact) mass is 301 g/mol. The van der Waals surface area contributed by atoms with Gasteiger partial charge in [0.1, 0.15) is 0 Å². The molecule has 1 aliphatic carbocycles. The molecule has 0 spiro atoms. The van der Waals surface area contributed by atoms with Crippen molar-refractivity contribution in [1.82, 2.24) is 4.90 Å². The van der Waals surface area contributed by atoms with Gasteiger partial charge in [0.15, 0.2) is 0 Å². The van der Waals surface area contributed by atoms with Crippen LogP contribution in [-0.2, 0) is 4.79 Å². The predicted molar refractivity (Wildman–Crippen MR) is 83.9 cm³/mol. The molecule has 1 aromatic rings. The highest BCUT2D eigenvalue weighted by Crippen LogP contribution is 2.36. The number of rotatable bonds is 3. The predicted octanol–water partition coefficient (Wildman–Crippen LogP) is 3.28. The molecule has 0 bridgehead atoms. The maximum atomic E-state index is 12.7. The highest BCUT2D eigenvalue weighted by Gasteiger charge is 2.35. The molecule has 1 saturated carbocycles. The van der Waals surface area contributed by atoms with Gasteiger partial charge in [-0.1, -0.05) is 18.6 Å². The topological polar surface area (TPSA) is 57.6 Å². The Morgan fingerprint density at radius 2 is 1.77 bits per heavy atom. The van der Waals surface area contributed by atoms with Gasteiger partial charge in [0.2, 0.25) is 0 Å². The fourth-order valence-electron chi connectivity index (χ4n) is 3.57. The third kappa shape index (κ3) is 2.74.